The lowest BCUT2D eigenvalue weighted by Gasteiger charge is -2.05. The van der Waals surface area contributed by atoms with Crippen molar-refractivity contribution in [3.05, 3.63) is 40.8 Å². The van der Waals surface area contributed by atoms with Crippen LogP contribution in [0.3, 0.4) is 0 Å². The number of nitrogens with one attached hydrogen (secondary N) is 1. The molecule has 0 bridgehead atoms. The molecule has 0 unspecified atom stereocenters. The van der Waals surface area contributed by atoms with E-state index in [1.54, 1.807) is 6.92 Å². The Morgan fingerprint density at radius 2 is 1.95 bits per heavy atom. The molecule has 1 heterocycles. The van der Waals surface area contributed by atoms with Crippen molar-refractivity contribution in [2.75, 3.05) is 17.7 Å². The van der Waals surface area contributed by atoms with Crippen LogP contribution in [-0.4, -0.2) is 18.4 Å². The number of anilines is 3. The predicted octanol–water partition coefficient (Wildman–Crippen LogP) is 3.45. The molecule has 6 heteroatoms. The summed E-state index contributed by atoms with van der Waals surface area (Å²) in [5, 5.41) is 3.67. The average Bonchev–Trinajstić information content (AvgIpc) is 2.77. The highest BCUT2D eigenvalue weighted by molar-refractivity contribution is 7.19. The molecule has 1 aromatic carbocycles. The molecule has 1 aromatic heterocycles. The molecule has 2 rings (SSSR count). The number of hydrogen-bond acceptors (Lipinski definition) is 6. The van der Waals surface area contributed by atoms with Gasteiger partial charge in [-0.25, -0.2) is 4.79 Å². The molecule has 0 amide bonds. The third kappa shape index (κ3) is 3.22. The Hall–Kier alpha value is -2.34. The summed E-state index contributed by atoms with van der Waals surface area (Å²) in [7, 11) is 0. The number of nitrogens with two attached hydrogens (primary N) is 1. The third-order valence-electron chi connectivity index (χ3n) is 2.79. The quantitative estimate of drug-likeness (QED) is 0.653. The minimum absolute atomic E-state index is 0.171. The Labute approximate surface area is 126 Å². The number of ketones is 1. The molecule has 21 heavy (non-hydrogen) atoms. The van der Waals surface area contributed by atoms with Gasteiger partial charge in [0.05, 0.1) is 17.9 Å². The fraction of sp³-hybridized carbons (Fsp3) is 0.200. The summed E-state index contributed by atoms with van der Waals surface area (Å²) < 4.78 is 4.96. The maximum atomic E-state index is 11.9. The Bertz CT molecular complexity index is 665. The largest absolute Gasteiger partial charge is 0.462 e. The lowest BCUT2D eigenvalue weighted by atomic mass is 10.1. The van der Waals surface area contributed by atoms with Crippen LogP contribution < -0.4 is 11.1 Å². The Morgan fingerprint density at radius 3 is 2.52 bits per heavy atom. The van der Waals surface area contributed by atoms with Gasteiger partial charge < -0.3 is 15.8 Å². The van der Waals surface area contributed by atoms with Crippen molar-refractivity contribution in [3.63, 3.8) is 0 Å². The van der Waals surface area contributed by atoms with Gasteiger partial charge in [-0.15, -0.1) is 11.3 Å². The fourth-order valence-corrected chi connectivity index (χ4v) is 2.97. The van der Waals surface area contributed by atoms with Crippen LogP contribution in [0.15, 0.2) is 30.3 Å². The number of benzene rings is 1. The first-order chi connectivity index (χ1) is 10.0. The van der Waals surface area contributed by atoms with E-state index in [9.17, 15) is 9.59 Å². The minimum atomic E-state index is -0.511. The maximum absolute atomic E-state index is 11.9. The highest BCUT2D eigenvalue weighted by Gasteiger charge is 2.24. The van der Waals surface area contributed by atoms with Gasteiger partial charge in [-0.3, -0.25) is 4.79 Å². The molecule has 0 aliphatic rings. The first-order valence-corrected chi connectivity index (χ1v) is 7.28. The van der Waals surface area contributed by atoms with Crippen LogP contribution in [0.2, 0.25) is 0 Å². The van der Waals surface area contributed by atoms with Crippen LogP contribution in [0.1, 0.15) is 33.9 Å². The predicted molar refractivity (Wildman–Crippen MR) is 84.4 cm³/mol. The third-order valence-corrected chi connectivity index (χ3v) is 3.89. The summed E-state index contributed by atoms with van der Waals surface area (Å²) in [6.07, 6.45) is 0. The Kier molecular flexibility index (Phi) is 4.59. The average molecular weight is 304 g/mol. The minimum Gasteiger partial charge on any atom is -0.462 e. The molecule has 110 valence electrons. The topological polar surface area (TPSA) is 81.4 Å². The number of rotatable bonds is 5. The second-order valence-electron chi connectivity index (χ2n) is 4.32. The monoisotopic (exact) mass is 304 g/mol. The molecule has 5 nitrogen and oxygen atoms in total. The number of carbonyl (C=O) groups excluding carboxylic acids is 2. The molecule has 0 aliphatic heterocycles. The zero-order valence-electron chi connectivity index (χ0n) is 11.8. The van der Waals surface area contributed by atoms with Crippen LogP contribution in [0, 0.1) is 0 Å². The number of hydrogen-bond donors (Lipinski definition) is 2. The van der Waals surface area contributed by atoms with Crippen molar-refractivity contribution in [2.24, 2.45) is 0 Å². The summed E-state index contributed by atoms with van der Waals surface area (Å²) in [4.78, 5) is 23.9. The number of thiophene rings is 1. The van der Waals surface area contributed by atoms with Gasteiger partial charge in [0.2, 0.25) is 0 Å². The number of esters is 1. The summed E-state index contributed by atoms with van der Waals surface area (Å²) in [6, 6.07) is 9.37. The molecule has 0 spiro atoms. The summed E-state index contributed by atoms with van der Waals surface area (Å²) in [6.45, 7) is 3.40. The molecular weight excluding hydrogens is 288 g/mol. The van der Waals surface area contributed by atoms with Crippen LogP contribution in [0.5, 0.6) is 0 Å². The zero-order chi connectivity index (χ0) is 15.4. The molecular formula is C15H16N2O3S. The van der Waals surface area contributed by atoms with Gasteiger partial charge in [-0.05, 0) is 26.0 Å². The molecule has 2 aromatic rings. The Morgan fingerprint density at radius 1 is 1.29 bits per heavy atom. The van der Waals surface area contributed by atoms with Crippen molar-refractivity contribution in [2.45, 2.75) is 13.8 Å². The Balaban J connectivity index is 2.42. The van der Waals surface area contributed by atoms with Crippen molar-refractivity contribution < 1.29 is 14.3 Å². The van der Waals surface area contributed by atoms with E-state index in [1.807, 2.05) is 30.3 Å². The van der Waals surface area contributed by atoms with Gasteiger partial charge >= 0.3 is 5.97 Å². The molecule has 0 aliphatic carbocycles. The van der Waals surface area contributed by atoms with Gasteiger partial charge in [0, 0.05) is 5.69 Å². The van der Waals surface area contributed by atoms with Crippen molar-refractivity contribution >= 4 is 39.5 Å². The molecule has 0 atom stereocenters. The molecule has 0 fully saturated rings. The standard InChI is InChI=1S/C15H16N2O3S/c1-3-20-15(19)13-12(16)11(9(2)18)14(21-13)17-10-7-5-4-6-8-10/h4-8,17H,3,16H2,1-2H3. The molecule has 0 saturated heterocycles. The van der Waals surface area contributed by atoms with E-state index in [4.69, 9.17) is 10.5 Å². The molecule has 0 saturated carbocycles. The number of nitrogen functional groups attached to an aromatic ring is 1. The van der Waals surface area contributed by atoms with Gasteiger partial charge in [0.25, 0.3) is 0 Å². The van der Waals surface area contributed by atoms with Gasteiger partial charge in [0.15, 0.2) is 5.78 Å². The van der Waals surface area contributed by atoms with Crippen LogP contribution in [0.25, 0.3) is 0 Å². The first kappa shape index (κ1) is 15.1. The van der Waals surface area contributed by atoms with E-state index < -0.39 is 5.97 Å². The van der Waals surface area contributed by atoms with Crippen LogP contribution in [0.4, 0.5) is 16.4 Å². The van der Waals surface area contributed by atoms with Crippen molar-refractivity contribution in [1.82, 2.24) is 0 Å². The first-order valence-electron chi connectivity index (χ1n) is 6.47. The number of ether oxygens (including phenoxy) is 1. The van der Waals surface area contributed by atoms with Gasteiger partial charge in [-0.1, -0.05) is 18.2 Å². The highest BCUT2D eigenvalue weighted by Crippen LogP contribution is 2.38. The molecule has 3 N–H and O–H groups in total. The fourth-order valence-electron chi connectivity index (χ4n) is 1.88. The van der Waals surface area contributed by atoms with Gasteiger partial charge in [0.1, 0.15) is 9.88 Å². The molecule has 0 radical (unpaired) electrons. The number of Topliss-reactive ketones (excluding diaryl/α,β-unsaturated/α-hetero) is 1. The summed E-state index contributed by atoms with van der Waals surface area (Å²) in [5.74, 6) is -0.707. The second-order valence-corrected chi connectivity index (χ2v) is 5.34. The van der Waals surface area contributed by atoms with Crippen molar-refractivity contribution in [1.29, 1.82) is 0 Å². The normalized spacial score (nSPS) is 10.2. The van der Waals surface area contributed by atoms with Crippen LogP contribution >= 0.6 is 11.3 Å². The lowest BCUT2D eigenvalue weighted by Crippen LogP contribution is -2.07. The SMILES string of the molecule is CCOC(=O)c1sc(Nc2ccccc2)c(C(C)=O)c1N. The number of carbonyl (C=O) groups is 2. The van der Waals surface area contributed by atoms with E-state index in [1.165, 1.54) is 6.92 Å². The zero-order valence-corrected chi connectivity index (χ0v) is 12.6. The van der Waals surface area contributed by atoms with Crippen molar-refractivity contribution in [3.8, 4) is 0 Å². The van der Waals surface area contributed by atoms with E-state index in [-0.39, 0.29) is 23.0 Å². The summed E-state index contributed by atoms with van der Waals surface area (Å²) in [5.41, 5.74) is 7.25. The van der Waals surface area contributed by atoms with Gasteiger partial charge in [-0.2, -0.15) is 0 Å². The smallest absolute Gasteiger partial charge is 0.350 e. The lowest BCUT2D eigenvalue weighted by molar-refractivity contribution is 0.0533. The summed E-state index contributed by atoms with van der Waals surface area (Å²) >= 11 is 1.13. The van der Waals surface area contributed by atoms with E-state index in [0.717, 1.165) is 17.0 Å². The maximum Gasteiger partial charge on any atom is 0.350 e. The van der Waals surface area contributed by atoms with Crippen LogP contribution in [-0.2, 0) is 4.74 Å². The second kappa shape index (κ2) is 6.41. The highest BCUT2D eigenvalue weighted by atomic mass is 32.1. The number of para-hydroxylation sites is 1. The van der Waals surface area contributed by atoms with E-state index >= 15 is 0 Å². The van der Waals surface area contributed by atoms with E-state index in [0.29, 0.717) is 10.6 Å². The van der Waals surface area contributed by atoms with E-state index in [2.05, 4.69) is 5.32 Å².